The van der Waals surface area contributed by atoms with E-state index in [0.29, 0.717) is 12.0 Å². The molecule has 1 fully saturated rings. The molecule has 160 valence electrons. The van der Waals surface area contributed by atoms with Crippen LogP contribution in [-0.4, -0.2) is 60.3 Å². The van der Waals surface area contributed by atoms with Crippen molar-refractivity contribution in [3.63, 3.8) is 0 Å². The van der Waals surface area contributed by atoms with E-state index in [0.717, 1.165) is 57.3 Å². The third-order valence-electron chi connectivity index (χ3n) is 6.19. The van der Waals surface area contributed by atoms with Gasteiger partial charge in [0, 0.05) is 57.1 Å². The number of aryl methyl sites for hydroxylation is 2. The van der Waals surface area contributed by atoms with Gasteiger partial charge in [0.05, 0.1) is 12.2 Å². The predicted octanol–water partition coefficient (Wildman–Crippen LogP) is 4.45. The van der Waals surface area contributed by atoms with Crippen molar-refractivity contribution in [1.82, 2.24) is 15.0 Å². The van der Waals surface area contributed by atoms with E-state index in [9.17, 15) is 0 Å². The van der Waals surface area contributed by atoms with E-state index in [1.807, 2.05) is 0 Å². The van der Waals surface area contributed by atoms with Gasteiger partial charge in [0.2, 0.25) is 0 Å². The van der Waals surface area contributed by atoms with Gasteiger partial charge in [0.1, 0.15) is 0 Å². The van der Waals surface area contributed by atoms with Crippen molar-refractivity contribution in [2.24, 2.45) is 0 Å². The average Bonchev–Trinajstić information content (AvgIpc) is 3.16. The smallest absolute Gasteiger partial charge is 0.150 e. The first kappa shape index (κ1) is 21.8. The van der Waals surface area contributed by atoms with Crippen LogP contribution in [0.15, 0.2) is 28.8 Å². The molecule has 1 aromatic carbocycles. The minimum atomic E-state index is 0.411. The van der Waals surface area contributed by atoms with Gasteiger partial charge in [-0.05, 0) is 56.9 Å². The molecule has 0 amide bonds. The third-order valence-corrected chi connectivity index (χ3v) is 6.19. The number of anilines is 1. The Morgan fingerprint density at radius 2 is 1.72 bits per heavy atom. The van der Waals surface area contributed by atoms with E-state index >= 15 is 0 Å². The van der Waals surface area contributed by atoms with Gasteiger partial charge in [-0.25, -0.2) is 0 Å². The average molecular weight is 399 g/mol. The molecule has 0 radical (unpaired) electrons. The van der Waals surface area contributed by atoms with Crippen LogP contribution in [0.3, 0.4) is 0 Å². The fourth-order valence-electron chi connectivity index (χ4n) is 3.82. The van der Waals surface area contributed by atoms with Crippen molar-refractivity contribution < 1.29 is 4.52 Å². The molecule has 0 aliphatic carbocycles. The van der Waals surface area contributed by atoms with Crippen LogP contribution in [0, 0.1) is 13.8 Å². The first-order chi connectivity index (χ1) is 13.8. The summed E-state index contributed by atoms with van der Waals surface area (Å²) in [6.45, 7) is 20.6. The Bertz CT molecular complexity index is 775. The van der Waals surface area contributed by atoms with Crippen LogP contribution in [0.25, 0.3) is 0 Å². The van der Waals surface area contributed by atoms with Crippen molar-refractivity contribution in [2.75, 3.05) is 44.2 Å². The Balaban J connectivity index is 1.48. The number of benzene rings is 1. The second-order valence-corrected chi connectivity index (χ2v) is 9.03. The van der Waals surface area contributed by atoms with Gasteiger partial charge in [0.25, 0.3) is 0 Å². The van der Waals surface area contributed by atoms with Crippen LogP contribution in [0.4, 0.5) is 5.69 Å². The number of rotatable bonds is 8. The van der Waals surface area contributed by atoms with Crippen molar-refractivity contribution in [1.29, 1.82) is 0 Å². The molecule has 1 aliphatic heterocycles. The molecule has 5 nitrogen and oxygen atoms in total. The zero-order valence-corrected chi connectivity index (χ0v) is 19.1. The van der Waals surface area contributed by atoms with Crippen LogP contribution < -0.4 is 4.90 Å². The molecule has 5 heteroatoms. The molecule has 0 N–H and O–H groups in total. The number of nitrogens with zero attached hydrogens (tertiary/aromatic N) is 4. The fourth-order valence-corrected chi connectivity index (χ4v) is 3.82. The molecule has 0 unspecified atom stereocenters. The maximum absolute atomic E-state index is 5.57. The van der Waals surface area contributed by atoms with E-state index in [1.54, 1.807) is 0 Å². The maximum atomic E-state index is 5.57. The minimum absolute atomic E-state index is 0.411. The molecule has 1 saturated heterocycles. The zero-order valence-electron chi connectivity index (χ0n) is 19.1. The Morgan fingerprint density at radius 1 is 1.00 bits per heavy atom. The molecule has 0 atom stereocenters. The lowest BCUT2D eigenvalue weighted by atomic mass is 10.1. The SMILES string of the molecule is Cc1ccc(N2CCN(CCN(Cc3cc(C(C)C)no3)C(C)C)CC2)cc1C. The summed E-state index contributed by atoms with van der Waals surface area (Å²) in [6.07, 6.45) is 0. The molecule has 1 aromatic heterocycles. The van der Waals surface area contributed by atoms with Crippen LogP contribution in [0.5, 0.6) is 0 Å². The second kappa shape index (κ2) is 9.77. The van der Waals surface area contributed by atoms with Gasteiger partial charge >= 0.3 is 0 Å². The molecule has 2 aromatic rings. The quantitative estimate of drug-likeness (QED) is 0.657. The largest absolute Gasteiger partial charge is 0.369 e. The van der Waals surface area contributed by atoms with Crippen molar-refractivity contribution >= 4 is 5.69 Å². The summed E-state index contributed by atoms with van der Waals surface area (Å²) in [6, 6.07) is 9.43. The minimum Gasteiger partial charge on any atom is -0.369 e. The van der Waals surface area contributed by atoms with E-state index in [2.05, 4.69) is 85.7 Å². The lowest BCUT2D eigenvalue weighted by Gasteiger charge is -2.37. The van der Waals surface area contributed by atoms with Crippen molar-refractivity contribution in [2.45, 2.75) is 60.0 Å². The number of hydrogen-bond donors (Lipinski definition) is 0. The molecule has 2 heterocycles. The summed E-state index contributed by atoms with van der Waals surface area (Å²) in [5.41, 5.74) is 5.16. The number of hydrogen-bond acceptors (Lipinski definition) is 5. The highest BCUT2D eigenvalue weighted by Crippen LogP contribution is 2.20. The molecular formula is C24H38N4O. The molecule has 0 saturated carbocycles. The van der Waals surface area contributed by atoms with Crippen molar-refractivity contribution in [3.05, 3.63) is 46.8 Å². The number of piperazine rings is 1. The maximum Gasteiger partial charge on any atom is 0.150 e. The first-order valence-electron chi connectivity index (χ1n) is 11.1. The molecule has 3 rings (SSSR count). The van der Waals surface area contributed by atoms with Gasteiger partial charge in [-0.1, -0.05) is 25.1 Å². The van der Waals surface area contributed by atoms with Crippen LogP contribution in [0.1, 0.15) is 56.2 Å². The molecule has 0 spiro atoms. The van der Waals surface area contributed by atoms with Crippen molar-refractivity contribution in [3.8, 4) is 0 Å². The highest BCUT2D eigenvalue weighted by Gasteiger charge is 2.20. The fraction of sp³-hybridized carbons (Fsp3) is 0.625. The zero-order chi connectivity index (χ0) is 21.0. The standard InChI is InChI=1S/C24H38N4O/c1-18(2)24-16-23(29-25-24)17-28(19(3)4)14-11-26-9-12-27(13-10-26)22-8-7-20(5)21(6)15-22/h7-8,15-16,18-19H,9-14,17H2,1-6H3. The van der Waals surface area contributed by atoms with Gasteiger partial charge in [-0.15, -0.1) is 0 Å². The van der Waals surface area contributed by atoms with Gasteiger partial charge in [0.15, 0.2) is 5.76 Å². The van der Waals surface area contributed by atoms with Crippen LogP contribution >= 0.6 is 0 Å². The summed E-state index contributed by atoms with van der Waals surface area (Å²) >= 11 is 0. The van der Waals surface area contributed by atoms with Crippen LogP contribution in [-0.2, 0) is 6.54 Å². The monoisotopic (exact) mass is 398 g/mol. The highest BCUT2D eigenvalue weighted by atomic mass is 16.5. The Morgan fingerprint density at radius 3 is 2.31 bits per heavy atom. The molecule has 29 heavy (non-hydrogen) atoms. The summed E-state index contributed by atoms with van der Waals surface area (Å²) in [5.74, 6) is 1.38. The lowest BCUT2D eigenvalue weighted by molar-refractivity contribution is 0.151. The predicted molar refractivity (Wildman–Crippen MR) is 121 cm³/mol. The van der Waals surface area contributed by atoms with E-state index in [1.165, 1.54) is 16.8 Å². The summed E-state index contributed by atoms with van der Waals surface area (Å²) in [4.78, 5) is 7.60. The molecular weight excluding hydrogens is 360 g/mol. The molecule has 1 aliphatic rings. The second-order valence-electron chi connectivity index (χ2n) is 9.03. The van der Waals surface area contributed by atoms with E-state index < -0.39 is 0 Å². The van der Waals surface area contributed by atoms with Gasteiger partial charge < -0.3 is 9.42 Å². The summed E-state index contributed by atoms with van der Waals surface area (Å²) in [5, 5.41) is 4.21. The highest BCUT2D eigenvalue weighted by molar-refractivity contribution is 5.51. The Kier molecular flexibility index (Phi) is 7.36. The van der Waals surface area contributed by atoms with E-state index in [-0.39, 0.29) is 0 Å². The Hall–Kier alpha value is -1.85. The lowest BCUT2D eigenvalue weighted by Crippen LogP contribution is -2.49. The first-order valence-corrected chi connectivity index (χ1v) is 11.1. The summed E-state index contributed by atoms with van der Waals surface area (Å²) in [7, 11) is 0. The third kappa shape index (κ3) is 5.83. The molecule has 0 bridgehead atoms. The van der Waals surface area contributed by atoms with E-state index in [4.69, 9.17) is 4.52 Å². The normalized spacial score (nSPS) is 15.8. The summed E-state index contributed by atoms with van der Waals surface area (Å²) < 4.78 is 5.57. The van der Waals surface area contributed by atoms with Crippen LogP contribution in [0.2, 0.25) is 0 Å². The topological polar surface area (TPSA) is 35.8 Å². The Labute approximate surface area is 176 Å². The van der Waals surface area contributed by atoms with Gasteiger partial charge in [-0.3, -0.25) is 9.80 Å². The van der Waals surface area contributed by atoms with Gasteiger partial charge in [-0.2, -0.15) is 0 Å². The number of aromatic nitrogens is 1.